The lowest BCUT2D eigenvalue weighted by Gasteiger charge is -2.15. The van der Waals surface area contributed by atoms with Gasteiger partial charge in [-0.25, -0.2) is 4.98 Å². The quantitative estimate of drug-likeness (QED) is 0.796. The van der Waals surface area contributed by atoms with Crippen LogP contribution in [0.3, 0.4) is 0 Å². The molecule has 0 unspecified atom stereocenters. The zero-order valence-electron chi connectivity index (χ0n) is 11.8. The maximum atomic E-state index is 4.49. The minimum atomic E-state index is 0.935. The van der Waals surface area contributed by atoms with Crippen LogP contribution in [0, 0.1) is 13.8 Å². The highest BCUT2D eigenvalue weighted by Gasteiger charge is 2.03. The van der Waals surface area contributed by atoms with Crippen LogP contribution in [-0.2, 0) is 13.1 Å². The zero-order valence-corrected chi connectivity index (χ0v) is 13.4. The molecule has 0 atom stereocenters. The van der Waals surface area contributed by atoms with Crippen LogP contribution in [0.4, 0.5) is 0 Å². The summed E-state index contributed by atoms with van der Waals surface area (Å²) in [5.74, 6) is 0. The SMILES string of the molecule is Cc1ccc(CNCCN(C)Cc2csc(C)n2)s1. The fourth-order valence-electron chi connectivity index (χ4n) is 1.90. The molecule has 0 spiro atoms. The molecule has 0 saturated carbocycles. The first kappa shape index (κ1) is 14.7. The van der Waals surface area contributed by atoms with Crippen molar-refractivity contribution in [2.75, 3.05) is 20.1 Å². The van der Waals surface area contributed by atoms with E-state index >= 15 is 0 Å². The number of hydrogen-bond donors (Lipinski definition) is 1. The van der Waals surface area contributed by atoms with Gasteiger partial charge in [0.25, 0.3) is 0 Å². The molecule has 19 heavy (non-hydrogen) atoms. The number of nitrogens with one attached hydrogen (secondary N) is 1. The lowest BCUT2D eigenvalue weighted by molar-refractivity contribution is 0.321. The van der Waals surface area contributed by atoms with E-state index in [1.54, 1.807) is 11.3 Å². The van der Waals surface area contributed by atoms with E-state index in [1.807, 2.05) is 11.3 Å². The lowest BCUT2D eigenvalue weighted by Crippen LogP contribution is -2.28. The molecular formula is C14H21N3S2. The van der Waals surface area contributed by atoms with Crippen LogP contribution in [-0.4, -0.2) is 30.0 Å². The molecule has 2 aromatic heterocycles. The van der Waals surface area contributed by atoms with Crippen LogP contribution < -0.4 is 5.32 Å². The summed E-state index contributed by atoms with van der Waals surface area (Å²) in [5, 5.41) is 6.78. The Labute approximate surface area is 123 Å². The van der Waals surface area contributed by atoms with Crippen molar-refractivity contribution in [3.05, 3.63) is 38.0 Å². The largest absolute Gasteiger partial charge is 0.311 e. The first-order valence-electron chi connectivity index (χ1n) is 6.49. The molecular weight excluding hydrogens is 274 g/mol. The third kappa shape index (κ3) is 5.03. The summed E-state index contributed by atoms with van der Waals surface area (Å²) in [4.78, 5) is 9.59. The molecule has 2 heterocycles. The fourth-order valence-corrected chi connectivity index (χ4v) is 3.36. The van der Waals surface area contributed by atoms with E-state index in [1.165, 1.54) is 15.4 Å². The second-order valence-electron chi connectivity index (χ2n) is 4.78. The summed E-state index contributed by atoms with van der Waals surface area (Å²) in [6.45, 7) is 8.17. The van der Waals surface area contributed by atoms with Gasteiger partial charge in [-0.1, -0.05) is 0 Å². The fraction of sp³-hybridized carbons (Fsp3) is 0.500. The van der Waals surface area contributed by atoms with E-state index in [0.29, 0.717) is 0 Å². The Morgan fingerprint density at radius 3 is 2.79 bits per heavy atom. The van der Waals surface area contributed by atoms with E-state index in [9.17, 15) is 0 Å². The zero-order chi connectivity index (χ0) is 13.7. The van der Waals surface area contributed by atoms with Gasteiger partial charge in [0.05, 0.1) is 10.7 Å². The normalized spacial score (nSPS) is 11.4. The van der Waals surface area contributed by atoms with Crippen molar-refractivity contribution in [3.63, 3.8) is 0 Å². The number of rotatable bonds is 7. The van der Waals surface area contributed by atoms with Crippen LogP contribution in [0.25, 0.3) is 0 Å². The average molecular weight is 295 g/mol. The van der Waals surface area contributed by atoms with Crippen molar-refractivity contribution in [1.29, 1.82) is 0 Å². The number of nitrogens with zero attached hydrogens (tertiary/aromatic N) is 2. The van der Waals surface area contributed by atoms with Gasteiger partial charge in [-0.2, -0.15) is 0 Å². The first-order chi connectivity index (χ1) is 9.13. The summed E-state index contributed by atoms with van der Waals surface area (Å²) < 4.78 is 0. The van der Waals surface area contributed by atoms with Crippen molar-refractivity contribution in [1.82, 2.24) is 15.2 Å². The number of hydrogen-bond acceptors (Lipinski definition) is 5. The number of thiazole rings is 1. The molecule has 0 bridgehead atoms. The molecule has 0 radical (unpaired) electrons. The van der Waals surface area contributed by atoms with Gasteiger partial charge in [-0.3, -0.25) is 4.90 Å². The maximum Gasteiger partial charge on any atom is 0.0897 e. The summed E-state index contributed by atoms with van der Waals surface area (Å²) in [5.41, 5.74) is 1.18. The van der Waals surface area contributed by atoms with Crippen molar-refractivity contribution in [2.45, 2.75) is 26.9 Å². The van der Waals surface area contributed by atoms with Crippen molar-refractivity contribution < 1.29 is 0 Å². The molecule has 104 valence electrons. The monoisotopic (exact) mass is 295 g/mol. The Morgan fingerprint density at radius 2 is 2.16 bits per heavy atom. The minimum Gasteiger partial charge on any atom is -0.311 e. The predicted octanol–water partition coefficient (Wildman–Crippen LogP) is 3.04. The van der Waals surface area contributed by atoms with Gasteiger partial charge in [0.15, 0.2) is 0 Å². The highest BCUT2D eigenvalue weighted by molar-refractivity contribution is 7.11. The van der Waals surface area contributed by atoms with Crippen molar-refractivity contribution >= 4 is 22.7 Å². The first-order valence-corrected chi connectivity index (χ1v) is 8.18. The third-order valence-electron chi connectivity index (χ3n) is 2.86. The van der Waals surface area contributed by atoms with Crippen LogP contribution in [0.1, 0.15) is 20.5 Å². The van der Waals surface area contributed by atoms with Gasteiger partial charge < -0.3 is 5.32 Å². The summed E-state index contributed by atoms with van der Waals surface area (Å²) >= 11 is 3.59. The van der Waals surface area contributed by atoms with Gasteiger partial charge in [-0.05, 0) is 33.0 Å². The van der Waals surface area contributed by atoms with E-state index in [0.717, 1.165) is 31.2 Å². The Hall–Kier alpha value is -0.750. The van der Waals surface area contributed by atoms with Gasteiger partial charge >= 0.3 is 0 Å². The highest BCUT2D eigenvalue weighted by Crippen LogP contribution is 2.14. The molecule has 0 aliphatic heterocycles. The highest BCUT2D eigenvalue weighted by atomic mass is 32.1. The predicted molar refractivity (Wildman–Crippen MR) is 83.9 cm³/mol. The molecule has 1 N–H and O–H groups in total. The molecule has 0 aromatic carbocycles. The average Bonchev–Trinajstić information content (AvgIpc) is 2.94. The topological polar surface area (TPSA) is 28.2 Å². The van der Waals surface area contributed by atoms with Gasteiger partial charge in [0.1, 0.15) is 0 Å². The van der Waals surface area contributed by atoms with E-state index in [-0.39, 0.29) is 0 Å². The van der Waals surface area contributed by atoms with Gasteiger partial charge in [-0.15, -0.1) is 22.7 Å². The molecule has 2 aromatic rings. The van der Waals surface area contributed by atoms with E-state index < -0.39 is 0 Å². The smallest absolute Gasteiger partial charge is 0.0897 e. The molecule has 3 nitrogen and oxygen atoms in total. The molecule has 0 aliphatic carbocycles. The maximum absolute atomic E-state index is 4.49. The van der Waals surface area contributed by atoms with Gasteiger partial charge in [0, 0.05) is 41.3 Å². The molecule has 0 fully saturated rings. The summed E-state index contributed by atoms with van der Waals surface area (Å²) in [6, 6.07) is 4.38. The number of thiophene rings is 1. The Kier molecular flexibility index (Phi) is 5.51. The van der Waals surface area contributed by atoms with Gasteiger partial charge in [0.2, 0.25) is 0 Å². The molecule has 5 heteroatoms. The van der Waals surface area contributed by atoms with Crippen LogP contribution in [0.5, 0.6) is 0 Å². The Bertz CT molecular complexity index is 504. The molecule has 0 aliphatic rings. The lowest BCUT2D eigenvalue weighted by atomic mass is 10.4. The molecule has 2 rings (SSSR count). The van der Waals surface area contributed by atoms with Crippen LogP contribution in [0.2, 0.25) is 0 Å². The summed E-state index contributed by atoms with van der Waals surface area (Å²) in [6.07, 6.45) is 0. The van der Waals surface area contributed by atoms with E-state index in [2.05, 4.69) is 53.6 Å². The standard InChI is InChI=1S/C14H21N3S2/c1-11-4-5-14(19-11)8-15-6-7-17(3)9-13-10-18-12(2)16-13/h4-5,10,15H,6-9H2,1-3H3. The Balaban J connectivity index is 1.62. The summed E-state index contributed by atoms with van der Waals surface area (Å²) in [7, 11) is 2.14. The number of aromatic nitrogens is 1. The minimum absolute atomic E-state index is 0.935. The number of likely N-dealkylation sites (N-methyl/N-ethyl adjacent to an activating group) is 1. The van der Waals surface area contributed by atoms with Crippen LogP contribution in [0.15, 0.2) is 17.5 Å². The van der Waals surface area contributed by atoms with Crippen molar-refractivity contribution in [2.24, 2.45) is 0 Å². The number of aryl methyl sites for hydroxylation is 2. The van der Waals surface area contributed by atoms with Crippen molar-refractivity contribution in [3.8, 4) is 0 Å². The Morgan fingerprint density at radius 1 is 1.32 bits per heavy atom. The van der Waals surface area contributed by atoms with Crippen LogP contribution >= 0.6 is 22.7 Å². The second kappa shape index (κ2) is 7.14. The second-order valence-corrected chi connectivity index (χ2v) is 7.22. The molecule has 0 amide bonds. The van der Waals surface area contributed by atoms with E-state index in [4.69, 9.17) is 0 Å². The molecule has 0 saturated heterocycles. The third-order valence-corrected chi connectivity index (χ3v) is 4.69.